The van der Waals surface area contributed by atoms with Gasteiger partial charge in [0.25, 0.3) is 0 Å². The minimum Gasteiger partial charge on any atom is -0.446 e. The molecule has 0 atom stereocenters. The zero-order valence-electron chi connectivity index (χ0n) is 24.0. The maximum Gasteiger partial charge on any atom is 0.407 e. The van der Waals surface area contributed by atoms with Crippen LogP contribution in [-0.4, -0.2) is 67.1 Å². The average molecular weight is 545 g/mol. The third kappa shape index (κ3) is 5.92. The smallest absolute Gasteiger partial charge is 0.407 e. The molecule has 3 aromatic rings. The van der Waals surface area contributed by atoms with E-state index in [2.05, 4.69) is 36.6 Å². The molecule has 40 heavy (non-hydrogen) atoms. The van der Waals surface area contributed by atoms with Crippen LogP contribution in [0, 0.1) is 5.41 Å². The molecular formula is C32H40N4O4. The molecular weight excluding hydrogens is 504 g/mol. The topological polar surface area (TPSA) is 92.7 Å². The lowest BCUT2D eigenvalue weighted by Crippen LogP contribution is -2.36. The summed E-state index contributed by atoms with van der Waals surface area (Å²) in [6, 6.07) is 14.2. The number of rotatable bonds is 8. The molecule has 1 saturated carbocycles. The van der Waals surface area contributed by atoms with Gasteiger partial charge in [-0.3, -0.25) is 14.2 Å². The molecule has 0 spiro atoms. The van der Waals surface area contributed by atoms with E-state index in [1.54, 1.807) is 0 Å². The highest BCUT2D eigenvalue weighted by atomic mass is 16.6. The Morgan fingerprint density at radius 2 is 1.85 bits per heavy atom. The van der Waals surface area contributed by atoms with E-state index in [0.717, 1.165) is 78.3 Å². The second-order valence-corrected chi connectivity index (χ2v) is 12.3. The van der Waals surface area contributed by atoms with Gasteiger partial charge < -0.3 is 20.3 Å². The summed E-state index contributed by atoms with van der Waals surface area (Å²) in [4.78, 5) is 39.3. The number of anilines is 1. The summed E-state index contributed by atoms with van der Waals surface area (Å²) < 4.78 is 7.52. The van der Waals surface area contributed by atoms with Crippen LogP contribution in [0.3, 0.4) is 0 Å². The van der Waals surface area contributed by atoms with Crippen molar-refractivity contribution in [3.63, 3.8) is 0 Å². The Morgan fingerprint density at radius 3 is 2.58 bits per heavy atom. The van der Waals surface area contributed by atoms with Crippen LogP contribution in [0.5, 0.6) is 0 Å². The quantitative estimate of drug-likeness (QED) is 0.351. The van der Waals surface area contributed by atoms with Gasteiger partial charge in [-0.05, 0) is 75.4 Å². The second-order valence-electron chi connectivity index (χ2n) is 12.3. The van der Waals surface area contributed by atoms with Crippen molar-refractivity contribution in [2.24, 2.45) is 5.41 Å². The minimum atomic E-state index is -0.362. The van der Waals surface area contributed by atoms with Crippen LogP contribution in [-0.2, 0) is 11.2 Å². The summed E-state index contributed by atoms with van der Waals surface area (Å²) in [5.41, 5.74) is 5.31. The number of fused-ring (bicyclic) bond motifs is 3. The number of aromatic nitrogens is 1. The van der Waals surface area contributed by atoms with Crippen LogP contribution in [0.25, 0.3) is 22.0 Å². The molecule has 1 amide bonds. The third-order valence-electron chi connectivity index (χ3n) is 8.10. The van der Waals surface area contributed by atoms with Gasteiger partial charge >= 0.3 is 6.09 Å². The summed E-state index contributed by atoms with van der Waals surface area (Å²) in [5.74, 6) is 0.127. The van der Waals surface area contributed by atoms with Crippen molar-refractivity contribution in [1.29, 1.82) is 0 Å². The summed E-state index contributed by atoms with van der Waals surface area (Å²) in [5, 5.41) is 7.47. The summed E-state index contributed by atoms with van der Waals surface area (Å²) in [7, 11) is 3.92. The highest BCUT2D eigenvalue weighted by molar-refractivity contribution is 6.05. The van der Waals surface area contributed by atoms with E-state index in [0.29, 0.717) is 18.5 Å². The van der Waals surface area contributed by atoms with Crippen molar-refractivity contribution in [3.8, 4) is 11.1 Å². The molecule has 2 aliphatic rings. The van der Waals surface area contributed by atoms with Crippen LogP contribution >= 0.6 is 0 Å². The minimum absolute atomic E-state index is 0.102. The second kappa shape index (κ2) is 11.5. The predicted octanol–water partition coefficient (Wildman–Crippen LogP) is 5.74. The number of hydrogen-bond donors (Lipinski definition) is 2. The Labute approximate surface area is 236 Å². The largest absolute Gasteiger partial charge is 0.446 e. The van der Waals surface area contributed by atoms with E-state index in [9.17, 15) is 14.4 Å². The van der Waals surface area contributed by atoms with Gasteiger partial charge in [0.05, 0.1) is 5.52 Å². The third-order valence-corrected chi connectivity index (χ3v) is 8.10. The normalized spacial score (nSPS) is 20.3. The number of aldehydes is 1. The molecule has 2 N–H and O–H groups in total. The van der Waals surface area contributed by atoms with Gasteiger partial charge in [0.1, 0.15) is 6.10 Å². The molecule has 8 nitrogen and oxygen atoms in total. The van der Waals surface area contributed by atoms with Crippen molar-refractivity contribution in [2.45, 2.75) is 64.5 Å². The number of amides is 1. The fourth-order valence-corrected chi connectivity index (χ4v) is 6.13. The first-order valence-corrected chi connectivity index (χ1v) is 14.3. The molecule has 0 saturated heterocycles. The predicted molar refractivity (Wildman–Crippen MR) is 158 cm³/mol. The molecule has 0 unspecified atom stereocenters. The van der Waals surface area contributed by atoms with E-state index >= 15 is 0 Å². The SMILES string of the molecule is CN(C)CCNC(=O)OC1CCC(Nc2cc(-c3c4n(c5ccccc35)C(=O)CC(C)(C)C4)ccc2C=O)CC1. The molecule has 1 aliphatic heterocycles. The number of nitrogens with one attached hydrogen (secondary N) is 2. The van der Waals surface area contributed by atoms with Gasteiger partial charge in [-0.2, -0.15) is 0 Å². The van der Waals surface area contributed by atoms with E-state index in [4.69, 9.17) is 4.74 Å². The van der Waals surface area contributed by atoms with E-state index in [-0.39, 0.29) is 29.6 Å². The lowest BCUT2D eigenvalue weighted by Gasteiger charge is -2.31. The summed E-state index contributed by atoms with van der Waals surface area (Å²) in [6.45, 7) is 5.61. The van der Waals surface area contributed by atoms with Crippen molar-refractivity contribution in [2.75, 3.05) is 32.5 Å². The van der Waals surface area contributed by atoms with Crippen LogP contribution in [0.4, 0.5) is 10.5 Å². The number of alkyl carbamates (subject to hydrolysis) is 1. The van der Waals surface area contributed by atoms with Gasteiger partial charge in [0.15, 0.2) is 6.29 Å². The number of nitrogens with zero attached hydrogens (tertiary/aromatic N) is 2. The van der Waals surface area contributed by atoms with Gasteiger partial charge in [-0.1, -0.05) is 38.1 Å². The zero-order valence-corrected chi connectivity index (χ0v) is 24.0. The van der Waals surface area contributed by atoms with Crippen LogP contribution in [0.1, 0.15) is 66.8 Å². The Hall–Kier alpha value is -3.65. The standard InChI is InChI=1S/C32H40N4O4/c1-32(2)18-28-30(25-7-5-6-8-27(25)36(28)29(38)19-32)21-9-10-22(20-37)26(17-21)34-23-11-13-24(14-12-23)40-31(39)33-15-16-35(3)4/h5-10,17,20,23-24,34H,11-16,18-19H2,1-4H3,(H,33,39). The average Bonchev–Trinajstić information content (AvgIpc) is 3.22. The zero-order chi connectivity index (χ0) is 28.4. The van der Waals surface area contributed by atoms with Crippen LogP contribution in [0.15, 0.2) is 42.5 Å². The fraction of sp³-hybridized carbons (Fsp3) is 0.469. The molecule has 1 fully saturated rings. The summed E-state index contributed by atoms with van der Waals surface area (Å²) >= 11 is 0. The number of likely N-dealkylation sites (N-methyl/N-ethyl adjacent to an activating group) is 1. The maximum atomic E-state index is 13.2. The van der Waals surface area contributed by atoms with E-state index < -0.39 is 0 Å². The molecule has 212 valence electrons. The molecule has 1 aromatic heterocycles. The Balaban J connectivity index is 1.35. The van der Waals surface area contributed by atoms with E-state index in [1.807, 2.05) is 53.9 Å². The molecule has 8 heteroatoms. The molecule has 5 rings (SSSR count). The number of benzene rings is 2. The van der Waals surface area contributed by atoms with Crippen molar-refractivity contribution in [3.05, 3.63) is 53.7 Å². The highest BCUT2D eigenvalue weighted by Crippen LogP contribution is 2.43. The van der Waals surface area contributed by atoms with Gasteiger partial charge in [-0.25, -0.2) is 4.79 Å². The van der Waals surface area contributed by atoms with Crippen molar-refractivity contribution >= 4 is 34.9 Å². The summed E-state index contributed by atoms with van der Waals surface area (Å²) in [6.07, 6.45) is 4.95. The molecule has 2 heterocycles. The molecule has 0 bridgehead atoms. The lowest BCUT2D eigenvalue weighted by molar-refractivity contribution is 0.0728. The van der Waals surface area contributed by atoms with Crippen LogP contribution in [0.2, 0.25) is 0 Å². The Kier molecular flexibility index (Phi) is 7.99. The first kappa shape index (κ1) is 27.9. The fourth-order valence-electron chi connectivity index (χ4n) is 6.13. The number of carbonyl (C=O) groups excluding carboxylic acids is 3. The lowest BCUT2D eigenvalue weighted by atomic mass is 9.80. The van der Waals surface area contributed by atoms with Gasteiger partial charge in [0, 0.05) is 53.4 Å². The van der Waals surface area contributed by atoms with Gasteiger partial charge in [-0.15, -0.1) is 0 Å². The number of carbonyl (C=O) groups is 3. The Morgan fingerprint density at radius 1 is 1.10 bits per heavy atom. The number of ether oxygens (including phenoxy) is 1. The van der Waals surface area contributed by atoms with E-state index in [1.165, 1.54) is 0 Å². The maximum absolute atomic E-state index is 13.2. The number of hydrogen-bond acceptors (Lipinski definition) is 6. The first-order valence-electron chi connectivity index (χ1n) is 14.3. The monoisotopic (exact) mass is 544 g/mol. The van der Waals surface area contributed by atoms with Crippen molar-refractivity contribution in [1.82, 2.24) is 14.8 Å². The van der Waals surface area contributed by atoms with Crippen molar-refractivity contribution < 1.29 is 19.1 Å². The Bertz CT molecular complexity index is 1420. The highest BCUT2D eigenvalue weighted by Gasteiger charge is 2.35. The van der Waals surface area contributed by atoms with Crippen LogP contribution < -0.4 is 10.6 Å². The molecule has 2 aromatic carbocycles. The van der Waals surface area contributed by atoms with Gasteiger partial charge in [0.2, 0.25) is 5.91 Å². The first-order chi connectivity index (χ1) is 19.1. The number of para-hydroxylation sites is 1. The molecule has 0 radical (unpaired) electrons. The molecule has 1 aliphatic carbocycles.